The first kappa shape index (κ1) is 18.5. The molecule has 0 unspecified atom stereocenters. The molecule has 0 radical (unpaired) electrons. The Labute approximate surface area is 166 Å². The number of thiazole rings is 1. The van der Waals surface area contributed by atoms with Crippen LogP contribution in [-0.4, -0.2) is 39.0 Å². The summed E-state index contributed by atoms with van der Waals surface area (Å²) in [5, 5.41) is 4.41. The number of ether oxygens (including phenoxy) is 1. The molecule has 1 aliphatic rings. The van der Waals surface area contributed by atoms with E-state index in [4.69, 9.17) is 4.74 Å². The van der Waals surface area contributed by atoms with Gasteiger partial charge >= 0.3 is 6.09 Å². The summed E-state index contributed by atoms with van der Waals surface area (Å²) >= 11 is 1.40. The summed E-state index contributed by atoms with van der Waals surface area (Å²) in [6, 6.07) is 7.44. The van der Waals surface area contributed by atoms with Crippen molar-refractivity contribution in [3.8, 4) is 0 Å². The van der Waals surface area contributed by atoms with Gasteiger partial charge in [-0.2, -0.15) is 0 Å². The Balaban J connectivity index is 1.45. The molecule has 3 heterocycles. The van der Waals surface area contributed by atoms with E-state index in [1.165, 1.54) is 11.3 Å². The third kappa shape index (κ3) is 3.87. The zero-order valence-electron chi connectivity index (χ0n) is 16.0. The fraction of sp³-hybridized carbons (Fsp3) is 0.350. The number of hydrogen-bond donors (Lipinski definition) is 2. The number of hydrogen-bond acceptors (Lipinski definition) is 5. The molecule has 1 aliphatic heterocycles. The second kappa shape index (κ2) is 6.94. The van der Waals surface area contributed by atoms with Crippen LogP contribution in [0.4, 0.5) is 9.93 Å². The summed E-state index contributed by atoms with van der Waals surface area (Å²) in [4.78, 5) is 35.2. The van der Waals surface area contributed by atoms with Gasteiger partial charge in [0.2, 0.25) is 0 Å². The van der Waals surface area contributed by atoms with Gasteiger partial charge in [0.05, 0.1) is 12.2 Å². The minimum Gasteiger partial charge on any atom is -0.444 e. The molecule has 4 rings (SSSR count). The Hall–Kier alpha value is -2.87. The van der Waals surface area contributed by atoms with Crippen molar-refractivity contribution in [2.75, 3.05) is 11.9 Å². The fourth-order valence-electron chi connectivity index (χ4n) is 3.10. The summed E-state index contributed by atoms with van der Waals surface area (Å²) in [6.07, 6.45) is 2.17. The van der Waals surface area contributed by atoms with Crippen LogP contribution in [0.1, 0.15) is 41.7 Å². The van der Waals surface area contributed by atoms with Gasteiger partial charge in [0, 0.05) is 40.5 Å². The highest BCUT2D eigenvalue weighted by molar-refractivity contribution is 7.15. The Morgan fingerprint density at radius 2 is 2.11 bits per heavy atom. The largest absolute Gasteiger partial charge is 0.444 e. The normalized spacial score (nSPS) is 14.0. The van der Waals surface area contributed by atoms with E-state index in [0.29, 0.717) is 30.2 Å². The third-order valence-electron chi connectivity index (χ3n) is 4.42. The number of benzene rings is 1. The van der Waals surface area contributed by atoms with Gasteiger partial charge in [-0.25, -0.2) is 9.78 Å². The Morgan fingerprint density at radius 1 is 1.29 bits per heavy atom. The van der Waals surface area contributed by atoms with Gasteiger partial charge in [0.15, 0.2) is 5.13 Å². The smallest absolute Gasteiger partial charge is 0.410 e. The lowest BCUT2D eigenvalue weighted by Crippen LogP contribution is -2.39. The topological polar surface area (TPSA) is 87.3 Å². The van der Waals surface area contributed by atoms with Crippen LogP contribution >= 0.6 is 11.3 Å². The number of carbonyl (C=O) groups excluding carboxylic acids is 2. The Bertz CT molecular complexity index is 1050. The van der Waals surface area contributed by atoms with Crippen LogP contribution in [-0.2, 0) is 17.7 Å². The van der Waals surface area contributed by atoms with Crippen molar-refractivity contribution >= 4 is 39.4 Å². The lowest BCUT2D eigenvalue weighted by atomic mass is 10.1. The number of carbonyl (C=O) groups is 2. The van der Waals surface area contributed by atoms with Crippen molar-refractivity contribution in [3.63, 3.8) is 0 Å². The number of rotatable bonds is 2. The first-order valence-corrected chi connectivity index (χ1v) is 9.95. The molecule has 0 saturated carbocycles. The first-order valence-electron chi connectivity index (χ1n) is 9.13. The predicted molar refractivity (Wildman–Crippen MR) is 109 cm³/mol. The molecule has 1 aromatic carbocycles. The zero-order chi connectivity index (χ0) is 19.9. The molecule has 146 valence electrons. The average Bonchev–Trinajstić information content (AvgIpc) is 3.24. The summed E-state index contributed by atoms with van der Waals surface area (Å²) in [5.41, 5.74) is 1.98. The van der Waals surface area contributed by atoms with E-state index in [-0.39, 0.29) is 12.0 Å². The minimum atomic E-state index is -0.523. The van der Waals surface area contributed by atoms with Gasteiger partial charge in [0.1, 0.15) is 5.60 Å². The average molecular weight is 398 g/mol. The maximum Gasteiger partial charge on any atom is 0.410 e. The molecule has 7 nitrogen and oxygen atoms in total. The number of nitrogens with one attached hydrogen (secondary N) is 2. The van der Waals surface area contributed by atoms with Gasteiger partial charge < -0.3 is 14.6 Å². The lowest BCUT2D eigenvalue weighted by Gasteiger charge is -2.29. The number of aromatic nitrogens is 2. The highest BCUT2D eigenvalue weighted by Crippen LogP contribution is 2.29. The molecule has 2 amide bonds. The Kier molecular flexibility index (Phi) is 4.58. The maximum absolute atomic E-state index is 12.6. The van der Waals surface area contributed by atoms with E-state index in [0.717, 1.165) is 21.5 Å². The molecule has 0 fully saturated rings. The van der Waals surface area contributed by atoms with Crippen LogP contribution < -0.4 is 5.32 Å². The Morgan fingerprint density at radius 3 is 2.89 bits per heavy atom. The van der Waals surface area contributed by atoms with Crippen LogP contribution in [0.5, 0.6) is 0 Å². The predicted octanol–water partition coefficient (Wildman–Crippen LogP) is 4.17. The molecule has 0 aliphatic carbocycles. The molecule has 0 bridgehead atoms. The second-order valence-corrected chi connectivity index (χ2v) is 8.86. The van der Waals surface area contributed by atoms with Crippen LogP contribution in [0, 0.1) is 0 Å². The zero-order valence-corrected chi connectivity index (χ0v) is 16.9. The van der Waals surface area contributed by atoms with Crippen LogP contribution in [0.25, 0.3) is 10.9 Å². The maximum atomic E-state index is 12.6. The standard InChI is InChI=1S/C20H22N4O3S/c1-20(2,3)27-19(26)24-9-7-15-16(11-24)28-18(22-15)23-17(25)13-4-5-14-12(10-13)6-8-21-14/h4-6,8,10,21H,7,9,11H2,1-3H3,(H,22,23,25). The molecule has 28 heavy (non-hydrogen) atoms. The quantitative estimate of drug-likeness (QED) is 0.678. The summed E-state index contributed by atoms with van der Waals surface area (Å²) in [5.74, 6) is -0.196. The van der Waals surface area contributed by atoms with Gasteiger partial charge in [-0.15, -0.1) is 0 Å². The van der Waals surface area contributed by atoms with E-state index in [1.54, 1.807) is 11.0 Å². The van der Waals surface area contributed by atoms with Crippen molar-refractivity contribution < 1.29 is 14.3 Å². The minimum absolute atomic E-state index is 0.196. The molecule has 2 aromatic heterocycles. The lowest BCUT2D eigenvalue weighted by molar-refractivity contribution is 0.0225. The van der Waals surface area contributed by atoms with E-state index in [9.17, 15) is 9.59 Å². The number of nitrogens with zero attached hydrogens (tertiary/aromatic N) is 2. The van der Waals surface area contributed by atoms with Crippen molar-refractivity contribution in [2.24, 2.45) is 0 Å². The third-order valence-corrected chi connectivity index (χ3v) is 5.42. The first-order chi connectivity index (χ1) is 13.3. The summed E-state index contributed by atoms with van der Waals surface area (Å²) in [7, 11) is 0. The second-order valence-electron chi connectivity index (χ2n) is 7.77. The van der Waals surface area contributed by atoms with Crippen molar-refractivity contribution in [1.29, 1.82) is 0 Å². The number of anilines is 1. The van der Waals surface area contributed by atoms with Crippen molar-refractivity contribution in [2.45, 2.75) is 39.3 Å². The monoisotopic (exact) mass is 398 g/mol. The molecule has 8 heteroatoms. The van der Waals surface area contributed by atoms with Gasteiger partial charge in [-0.05, 0) is 45.0 Å². The molecule has 0 spiro atoms. The van der Waals surface area contributed by atoms with Gasteiger partial charge in [0.25, 0.3) is 5.91 Å². The number of H-pyrrole nitrogens is 1. The van der Waals surface area contributed by atoms with Crippen LogP contribution in [0.3, 0.4) is 0 Å². The molecular weight excluding hydrogens is 376 g/mol. The SMILES string of the molecule is CC(C)(C)OC(=O)N1CCc2nc(NC(=O)c3ccc4[nH]ccc4c3)sc2C1. The van der Waals surface area contributed by atoms with Crippen molar-refractivity contribution in [1.82, 2.24) is 14.9 Å². The highest BCUT2D eigenvalue weighted by Gasteiger charge is 2.28. The van der Waals surface area contributed by atoms with Gasteiger partial charge in [-0.1, -0.05) is 11.3 Å². The molecule has 0 atom stereocenters. The summed E-state index contributed by atoms with van der Waals surface area (Å²) < 4.78 is 5.45. The van der Waals surface area contributed by atoms with Crippen LogP contribution in [0.15, 0.2) is 30.5 Å². The van der Waals surface area contributed by atoms with E-state index < -0.39 is 5.60 Å². The molecular formula is C20H22N4O3S. The highest BCUT2D eigenvalue weighted by atomic mass is 32.1. The van der Waals surface area contributed by atoms with E-state index in [1.807, 2.05) is 45.2 Å². The van der Waals surface area contributed by atoms with Crippen molar-refractivity contribution in [3.05, 3.63) is 46.6 Å². The van der Waals surface area contributed by atoms with E-state index in [2.05, 4.69) is 15.3 Å². The summed E-state index contributed by atoms with van der Waals surface area (Å²) in [6.45, 7) is 6.57. The molecule has 0 saturated heterocycles. The number of amides is 2. The fourth-order valence-corrected chi connectivity index (χ4v) is 4.11. The number of fused-ring (bicyclic) bond motifs is 2. The van der Waals surface area contributed by atoms with Crippen LogP contribution in [0.2, 0.25) is 0 Å². The number of aromatic amines is 1. The molecule has 3 aromatic rings. The van der Waals surface area contributed by atoms with E-state index >= 15 is 0 Å². The molecule has 2 N–H and O–H groups in total. The van der Waals surface area contributed by atoms with Gasteiger partial charge in [-0.3, -0.25) is 10.1 Å².